The van der Waals surface area contributed by atoms with Crippen molar-refractivity contribution in [1.29, 1.82) is 0 Å². The van der Waals surface area contributed by atoms with Gasteiger partial charge < -0.3 is 5.32 Å². The van der Waals surface area contributed by atoms with Crippen molar-refractivity contribution >= 4 is 27.7 Å². The Morgan fingerprint density at radius 3 is 2.39 bits per heavy atom. The molecule has 0 radical (unpaired) electrons. The van der Waals surface area contributed by atoms with Gasteiger partial charge in [-0.3, -0.25) is 4.79 Å². The molecule has 0 spiro atoms. The maximum atomic E-state index is 13.9. The van der Waals surface area contributed by atoms with E-state index in [-0.39, 0.29) is 32.7 Å². The van der Waals surface area contributed by atoms with E-state index in [1.54, 1.807) is 36.4 Å². The van der Waals surface area contributed by atoms with Crippen LogP contribution in [0.4, 0.5) is 4.39 Å². The molecule has 150 valence electrons. The average Bonchev–Trinajstić information content (AvgIpc) is 2.66. The first-order chi connectivity index (χ1) is 13.4. The molecule has 0 saturated carbocycles. The molecule has 2 aromatic carbocycles. The Morgan fingerprint density at radius 1 is 1.04 bits per heavy atom. The Morgan fingerprint density at radius 2 is 1.68 bits per heavy atom. The summed E-state index contributed by atoms with van der Waals surface area (Å²) in [6.45, 7) is 0.392. The number of nitrogens with one attached hydrogen (secondary N) is 1. The second-order valence-corrected chi connectivity index (χ2v) is 8.82. The van der Waals surface area contributed by atoms with Crippen molar-refractivity contribution < 1.29 is 17.6 Å². The van der Waals surface area contributed by atoms with Crippen molar-refractivity contribution in [3.05, 3.63) is 70.5 Å². The summed E-state index contributed by atoms with van der Waals surface area (Å²) in [4.78, 5) is 12.3. The monoisotopic (exact) mass is 425 g/mol. The zero-order valence-electron chi connectivity index (χ0n) is 15.1. The van der Waals surface area contributed by atoms with Gasteiger partial charge >= 0.3 is 0 Å². The fourth-order valence-corrected chi connectivity index (χ4v) is 4.84. The van der Waals surface area contributed by atoms with Crippen molar-refractivity contribution in [1.82, 2.24) is 13.9 Å². The minimum atomic E-state index is -3.85. The third-order valence-electron chi connectivity index (χ3n) is 4.53. The summed E-state index contributed by atoms with van der Waals surface area (Å²) in [7, 11) is -3.85. The van der Waals surface area contributed by atoms with Crippen LogP contribution in [-0.2, 0) is 28.1 Å². The van der Waals surface area contributed by atoms with E-state index in [0.717, 1.165) is 9.87 Å². The number of hydrogen-bond acceptors (Lipinski definition) is 3. The van der Waals surface area contributed by atoms with Gasteiger partial charge in [-0.1, -0.05) is 48.0 Å². The van der Waals surface area contributed by atoms with Crippen molar-refractivity contribution in [2.24, 2.45) is 0 Å². The van der Waals surface area contributed by atoms with Crippen LogP contribution >= 0.6 is 11.6 Å². The molecule has 0 atom stereocenters. The predicted molar refractivity (Wildman–Crippen MR) is 105 cm³/mol. The van der Waals surface area contributed by atoms with Gasteiger partial charge in [0, 0.05) is 36.8 Å². The summed E-state index contributed by atoms with van der Waals surface area (Å²) in [6.07, 6.45) is 0.561. The molecule has 1 aliphatic rings. The first-order valence-electron chi connectivity index (χ1n) is 8.86. The topological polar surface area (TPSA) is 69.7 Å². The molecular formula is C19H21ClFN3O3S. The van der Waals surface area contributed by atoms with Gasteiger partial charge in [-0.15, -0.1) is 0 Å². The van der Waals surface area contributed by atoms with Gasteiger partial charge in [0.25, 0.3) is 10.2 Å². The van der Waals surface area contributed by atoms with E-state index in [1.807, 2.05) is 6.07 Å². The van der Waals surface area contributed by atoms with Gasteiger partial charge in [0.05, 0.1) is 6.54 Å². The maximum absolute atomic E-state index is 13.9. The lowest BCUT2D eigenvalue weighted by Gasteiger charge is -2.34. The molecule has 1 aliphatic heterocycles. The van der Waals surface area contributed by atoms with Gasteiger partial charge in [-0.25, -0.2) is 4.39 Å². The first kappa shape index (κ1) is 20.7. The molecule has 6 nitrogen and oxygen atoms in total. The van der Waals surface area contributed by atoms with E-state index in [1.165, 1.54) is 10.4 Å². The standard InChI is InChI=1S/C19H21ClFN3O3S/c20-17-8-3-1-6-15(17)12-22-19(25)14-24-11-5-10-23(28(24,26)27)13-16-7-2-4-9-18(16)21/h1-4,6-9H,5,10-14H2,(H,22,25). The number of carbonyl (C=O) groups excluding carboxylic acids is 1. The Balaban J connectivity index is 1.62. The molecule has 1 fully saturated rings. The summed E-state index contributed by atoms with van der Waals surface area (Å²) >= 11 is 6.06. The van der Waals surface area contributed by atoms with E-state index < -0.39 is 21.9 Å². The highest BCUT2D eigenvalue weighted by Gasteiger charge is 2.35. The molecular weight excluding hydrogens is 405 g/mol. The highest BCUT2D eigenvalue weighted by atomic mass is 35.5. The molecule has 2 aromatic rings. The quantitative estimate of drug-likeness (QED) is 0.773. The molecule has 0 aromatic heterocycles. The van der Waals surface area contributed by atoms with E-state index >= 15 is 0 Å². The van der Waals surface area contributed by atoms with Crippen molar-refractivity contribution in [2.75, 3.05) is 19.6 Å². The van der Waals surface area contributed by atoms with E-state index in [9.17, 15) is 17.6 Å². The molecule has 1 amide bonds. The number of hydrogen-bond donors (Lipinski definition) is 1. The number of halogens is 2. The summed E-state index contributed by atoms with van der Waals surface area (Å²) in [5.74, 6) is -0.872. The predicted octanol–water partition coefficient (Wildman–Crippen LogP) is 2.55. The summed E-state index contributed by atoms with van der Waals surface area (Å²) in [6, 6.07) is 13.2. The lowest BCUT2D eigenvalue weighted by molar-refractivity contribution is -0.121. The van der Waals surface area contributed by atoms with Crippen LogP contribution in [0.2, 0.25) is 5.02 Å². The fraction of sp³-hybridized carbons (Fsp3) is 0.316. The van der Waals surface area contributed by atoms with Crippen LogP contribution in [0.15, 0.2) is 48.5 Å². The zero-order valence-corrected chi connectivity index (χ0v) is 16.7. The molecule has 1 N–H and O–H groups in total. The molecule has 0 bridgehead atoms. The Labute approximate surface area is 169 Å². The van der Waals surface area contributed by atoms with Crippen LogP contribution in [0, 0.1) is 5.82 Å². The molecule has 3 rings (SSSR count). The van der Waals surface area contributed by atoms with Crippen molar-refractivity contribution in [3.63, 3.8) is 0 Å². The Bertz CT molecular complexity index is 955. The normalized spacial score (nSPS) is 17.4. The van der Waals surface area contributed by atoms with Gasteiger partial charge in [0.15, 0.2) is 0 Å². The Kier molecular flexibility index (Phi) is 6.66. The van der Waals surface area contributed by atoms with E-state index in [2.05, 4.69) is 5.32 Å². The minimum absolute atomic E-state index is 0.0627. The van der Waals surface area contributed by atoms with Crippen LogP contribution in [-0.4, -0.2) is 42.6 Å². The third kappa shape index (κ3) is 4.88. The molecule has 0 aliphatic carbocycles. The molecule has 1 heterocycles. The number of rotatable bonds is 6. The highest BCUT2D eigenvalue weighted by Crippen LogP contribution is 2.20. The van der Waals surface area contributed by atoms with Gasteiger partial charge in [-0.05, 0) is 24.1 Å². The van der Waals surface area contributed by atoms with Gasteiger partial charge in [0.1, 0.15) is 5.82 Å². The molecule has 0 unspecified atom stereocenters. The maximum Gasteiger partial charge on any atom is 0.282 e. The number of benzene rings is 2. The van der Waals surface area contributed by atoms with E-state index in [4.69, 9.17) is 11.6 Å². The molecule has 9 heteroatoms. The average molecular weight is 426 g/mol. The van der Waals surface area contributed by atoms with Crippen LogP contribution in [0.3, 0.4) is 0 Å². The SMILES string of the molecule is O=C(CN1CCCN(Cc2ccccc2F)S1(=O)=O)NCc1ccccc1Cl. The third-order valence-corrected chi connectivity index (χ3v) is 6.82. The second-order valence-electron chi connectivity index (χ2n) is 6.49. The smallest absolute Gasteiger partial charge is 0.282 e. The lowest BCUT2D eigenvalue weighted by atomic mass is 10.2. The summed E-state index contributed by atoms with van der Waals surface area (Å²) in [5.41, 5.74) is 1.05. The molecule has 28 heavy (non-hydrogen) atoms. The number of nitrogens with zero attached hydrogens (tertiary/aromatic N) is 2. The van der Waals surface area contributed by atoms with Crippen LogP contribution in [0.1, 0.15) is 17.5 Å². The summed E-state index contributed by atoms with van der Waals surface area (Å²) < 4.78 is 41.9. The van der Waals surface area contributed by atoms with Crippen molar-refractivity contribution in [3.8, 4) is 0 Å². The first-order valence-corrected chi connectivity index (χ1v) is 10.6. The van der Waals surface area contributed by atoms with Crippen LogP contribution < -0.4 is 5.32 Å². The summed E-state index contributed by atoms with van der Waals surface area (Å²) in [5, 5.41) is 3.22. The fourth-order valence-electron chi connectivity index (χ4n) is 3.01. The second kappa shape index (κ2) is 9.00. The van der Waals surface area contributed by atoms with Crippen LogP contribution in [0.5, 0.6) is 0 Å². The lowest BCUT2D eigenvalue weighted by Crippen LogP contribution is -2.52. The van der Waals surface area contributed by atoms with Crippen LogP contribution in [0.25, 0.3) is 0 Å². The number of amides is 1. The number of carbonyl (C=O) groups is 1. The van der Waals surface area contributed by atoms with Crippen molar-refractivity contribution in [2.45, 2.75) is 19.5 Å². The largest absolute Gasteiger partial charge is 0.351 e. The van der Waals surface area contributed by atoms with Gasteiger partial charge in [-0.2, -0.15) is 17.0 Å². The Hall–Kier alpha value is -2.00. The minimum Gasteiger partial charge on any atom is -0.351 e. The molecule has 1 saturated heterocycles. The highest BCUT2D eigenvalue weighted by molar-refractivity contribution is 7.86. The van der Waals surface area contributed by atoms with Gasteiger partial charge in [0.2, 0.25) is 5.91 Å². The van der Waals surface area contributed by atoms with E-state index in [0.29, 0.717) is 17.0 Å². The zero-order chi connectivity index (χ0) is 20.1.